The normalized spacial score (nSPS) is 11.2. The maximum Gasteiger partial charge on any atom is 0.220 e. The fourth-order valence-electron chi connectivity index (χ4n) is 2.44. The van der Waals surface area contributed by atoms with Crippen LogP contribution < -0.4 is 14.2 Å². The Hall–Kier alpha value is -2.66. The van der Waals surface area contributed by atoms with Crippen LogP contribution in [0.15, 0.2) is 34.7 Å². The van der Waals surface area contributed by atoms with Gasteiger partial charge < -0.3 is 18.6 Å². The monoisotopic (exact) mass is 359 g/mol. The van der Waals surface area contributed by atoms with Crippen molar-refractivity contribution in [1.82, 2.24) is 4.98 Å². The first kappa shape index (κ1) is 17.2. The molecule has 0 atom stereocenters. The average molecular weight is 360 g/mol. The zero-order valence-electron chi connectivity index (χ0n) is 14.2. The van der Waals surface area contributed by atoms with Crippen molar-refractivity contribution in [3.05, 3.63) is 46.8 Å². The van der Waals surface area contributed by atoms with Gasteiger partial charge in [-0.05, 0) is 48.9 Å². The Labute approximate surface area is 150 Å². The molecule has 0 aliphatic carbocycles. The van der Waals surface area contributed by atoms with Gasteiger partial charge in [-0.25, -0.2) is 4.98 Å². The molecule has 0 spiro atoms. The Morgan fingerprint density at radius 2 is 1.80 bits per heavy atom. The molecule has 0 radical (unpaired) electrons. The van der Waals surface area contributed by atoms with E-state index in [1.54, 1.807) is 38.5 Å². The van der Waals surface area contributed by atoms with Gasteiger partial charge in [0.1, 0.15) is 5.52 Å². The summed E-state index contributed by atoms with van der Waals surface area (Å²) in [6.45, 7) is 2.43. The molecule has 0 amide bonds. The zero-order valence-corrected chi connectivity index (χ0v) is 15.0. The number of methoxy groups -OCH3 is 2. The number of hydrogen-bond acceptors (Lipinski definition) is 5. The molecule has 1 heterocycles. The van der Waals surface area contributed by atoms with E-state index in [-0.39, 0.29) is 0 Å². The highest BCUT2D eigenvalue weighted by atomic mass is 35.5. The van der Waals surface area contributed by atoms with Gasteiger partial charge in [0.2, 0.25) is 11.6 Å². The summed E-state index contributed by atoms with van der Waals surface area (Å²) in [5.41, 5.74) is 2.28. The molecule has 0 aliphatic heterocycles. The third-order valence-corrected chi connectivity index (χ3v) is 3.79. The first-order chi connectivity index (χ1) is 12.1. The number of halogens is 1. The second-order valence-corrected chi connectivity index (χ2v) is 5.62. The van der Waals surface area contributed by atoms with Gasteiger partial charge in [-0.3, -0.25) is 0 Å². The van der Waals surface area contributed by atoms with Gasteiger partial charge in [0.25, 0.3) is 0 Å². The molecule has 0 bridgehead atoms. The predicted octanol–water partition coefficient (Wildman–Crippen LogP) is 5.07. The molecule has 0 unspecified atom stereocenters. The quantitative estimate of drug-likeness (QED) is 0.615. The van der Waals surface area contributed by atoms with E-state index >= 15 is 0 Å². The summed E-state index contributed by atoms with van der Waals surface area (Å²) in [5, 5.41) is 0.623. The summed E-state index contributed by atoms with van der Waals surface area (Å²) in [4.78, 5) is 4.40. The van der Waals surface area contributed by atoms with Crippen molar-refractivity contribution in [3.8, 4) is 17.2 Å². The molecule has 0 saturated carbocycles. The highest BCUT2D eigenvalue weighted by molar-refractivity contribution is 6.31. The van der Waals surface area contributed by atoms with E-state index in [0.717, 1.165) is 5.56 Å². The van der Waals surface area contributed by atoms with Gasteiger partial charge in [-0.1, -0.05) is 11.6 Å². The molecule has 0 fully saturated rings. The third kappa shape index (κ3) is 3.72. The van der Waals surface area contributed by atoms with Crippen LogP contribution in [-0.2, 0) is 0 Å². The van der Waals surface area contributed by atoms with Crippen molar-refractivity contribution in [2.45, 2.75) is 6.92 Å². The molecule has 2 aromatic carbocycles. The number of ether oxygens (including phenoxy) is 3. The Morgan fingerprint density at radius 1 is 1.08 bits per heavy atom. The van der Waals surface area contributed by atoms with Crippen LogP contribution in [0, 0.1) is 0 Å². The van der Waals surface area contributed by atoms with E-state index in [0.29, 0.717) is 45.9 Å². The lowest BCUT2D eigenvalue weighted by molar-refractivity contribution is 0.288. The second-order valence-electron chi connectivity index (χ2n) is 5.19. The maximum atomic E-state index is 5.97. The molecule has 1 aromatic heterocycles. The van der Waals surface area contributed by atoms with Gasteiger partial charge in [-0.2, -0.15) is 0 Å². The van der Waals surface area contributed by atoms with Crippen LogP contribution in [0.5, 0.6) is 17.2 Å². The largest absolute Gasteiger partial charge is 0.493 e. The van der Waals surface area contributed by atoms with E-state index in [9.17, 15) is 0 Å². The molecule has 0 aliphatic rings. The lowest BCUT2D eigenvalue weighted by atomic mass is 10.1. The first-order valence-electron chi connectivity index (χ1n) is 7.77. The molecule has 5 nitrogen and oxygen atoms in total. The number of rotatable bonds is 6. The van der Waals surface area contributed by atoms with E-state index in [2.05, 4.69) is 4.98 Å². The van der Waals surface area contributed by atoms with Gasteiger partial charge >= 0.3 is 0 Å². The van der Waals surface area contributed by atoms with Crippen LogP contribution in [0.3, 0.4) is 0 Å². The zero-order chi connectivity index (χ0) is 17.8. The van der Waals surface area contributed by atoms with E-state index in [1.165, 1.54) is 0 Å². The summed E-state index contributed by atoms with van der Waals surface area (Å²) in [5.74, 6) is 2.28. The molecule has 25 heavy (non-hydrogen) atoms. The Balaban J connectivity index is 1.93. The van der Waals surface area contributed by atoms with Crippen LogP contribution in [-0.4, -0.2) is 25.8 Å². The molecule has 3 rings (SSSR count). The van der Waals surface area contributed by atoms with Crippen molar-refractivity contribution in [3.63, 3.8) is 0 Å². The predicted molar refractivity (Wildman–Crippen MR) is 98.7 cm³/mol. The highest BCUT2D eigenvalue weighted by Crippen LogP contribution is 2.39. The molecular weight excluding hydrogens is 342 g/mol. The number of oxazole rings is 1. The highest BCUT2D eigenvalue weighted by Gasteiger charge is 2.13. The van der Waals surface area contributed by atoms with Gasteiger partial charge in [0.15, 0.2) is 17.1 Å². The van der Waals surface area contributed by atoms with Crippen molar-refractivity contribution >= 4 is 34.9 Å². The van der Waals surface area contributed by atoms with Gasteiger partial charge in [-0.15, -0.1) is 0 Å². The van der Waals surface area contributed by atoms with Crippen LogP contribution in [0.4, 0.5) is 0 Å². The Kier molecular flexibility index (Phi) is 5.14. The van der Waals surface area contributed by atoms with Crippen molar-refractivity contribution < 1.29 is 18.6 Å². The maximum absolute atomic E-state index is 5.97. The summed E-state index contributed by atoms with van der Waals surface area (Å²) in [7, 11) is 3.19. The number of hydrogen-bond donors (Lipinski definition) is 0. The standard InChI is InChI=1S/C19H18ClNO4/c1-4-24-19-16(22-2)9-12(10-17(19)23-3)5-8-18-21-14-11-13(20)6-7-15(14)25-18/h5-11H,4H2,1-3H3/b8-5+. The number of fused-ring (bicyclic) bond motifs is 1. The fraction of sp³-hybridized carbons (Fsp3) is 0.211. The first-order valence-corrected chi connectivity index (χ1v) is 8.15. The van der Waals surface area contributed by atoms with Gasteiger partial charge in [0.05, 0.1) is 20.8 Å². The topological polar surface area (TPSA) is 53.7 Å². The Bertz CT molecular complexity index is 892. The molecule has 6 heteroatoms. The molecule has 0 saturated heterocycles. The summed E-state index contributed by atoms with van der Waals surface area (Å²) < 4.78 is 22.1. The Morgan fingerprint density at radius 3 is 2.44 bits per heavy atom. The van der Waals surface area contributed by atoms with Crippen molar-refractivity contribution in [2.24, 2.45) is 0 Å². The average Bonchev–Trinajstić information content (AvgIpc) is 3.02. The van der Waals surface area contributed by atoms with Crippen LogP contribution in [0.2, 0.25) is 5.02 Å². The minimum absolute atomic E-state index is 0.490. The number of benzene rings is 2. The van der Waals surface area contributed by atoms with Crippen LogP contribution in [0.25, 0.3) is 23.3 Å². The molecule has 0 N–H and O–H groups in total. The van der Waals surface area contributed by atoms with Crippen LogP contribution in [0.1, 0.15) is 18.4 Å². The molecule has 130 valence electrons. The smallest absolute Gasteiger partial charge is 0.220 e. The summed E-state index contributed by atoms with van der Waals surface area (Å²) >= 11 is 5.97. The number of nitrogens with zero attached hydrogens (tertiary/aromatic N) is 1. The lowest BCUT2D eigenvalue weighted by Crippen LogP contribution is -1.99. The molecule has 3 aromatic rings. The molecular formula is C19H18ClNO4. The lowest BCUT2D eigenvalue weighted by Gasteiger charge is -2.14. The number of aromatic nitrogens is 1. The fourth-order valence-corrected chi connectivity index (χ4v) is 2.61. The van der Waals surface area contributed by atoms with E-state index in [1.807, 2.05) is 25.1 Å². The van der Waals surface area contributed by atoms with Crippen LogP contribution >= 0.6 is 11.6 Å². The summed E-state index contributed by atoms with van der Waals surface area (Å²) in [6, 6.07) is 9.06. The minimum Gasteiger partial charge on any atom is -0.493 e. The van der Waals surface area contributed by atoms with Crippen molar-refractivity contribution in [1.29, 1.82) is 0 Å². The van der Waals surface area contributed by atoms with Gasteiger partial charge in [0, 0.05) is 11.1 Å². The van der Waals surface area contributed by atoms with E-state index in [4.69, 9.17) is 30.2 Å². The van der Waals surface area contributed by atoms with E-state index < -0.39 is 0 Å². The second kappa shape index (κ2) is 7.49. The SMILES string of the molecule is CCOc1c(OC)cc(/C=C/c2nc3cc(Cl)ccc3o2)cc1OC. The summed E-state index contributed by atoms with van der Waals surface area (Å²) in [6.07, 6.45) is 3.65. The minimum atomic E-state index is 0.490. The third-order valence-electron chi connectivity index (χ3n) is 3.56. The van der Waals surface area contributed by atoms with Crippen molar-refractivity contribution in [2.75, 3.05) is 20.8 Å².